The van der Waals surface area contributed by atoms with Gasteiger partial charge in [-0.15, -0.1) is 10.2 Å². The van der Waals surface area contributed by atoms with E-state index in [2.05, 4.69) is 39.7 Å². The Hall–Kier alpha value is -3.67. The van der Waals surface area contributed by atoms with Gasteiger partial charge in [0.15, 0.2) is 0 Å². The van der Waals surface area contributed by atoms with Crippen LogP contribution in [0.1, 0.15) is 65.3 Å². The molecule has 41 heavy (non-hydrogen) atoms. The summed E-state index contributed by atoms with van der Waals surface area (Å²) >= 11 is 0. The molecule has 0 saturated heterocycles. The van der Waals surface area contributed by atoms with Crippen LogP contribution in [0.5, 0.6) is 0 Å². The molecule has 12 heteroatoms. The lowest BCUT2D eigenvalue weighted by Crippen LogP contribution is -2.51. The minimum Gasteiger partial charge on any atom is -0.465 e. The Morgan fingerprint density at radius 1 is 1.15 bits per heavy atom. The van der Waals surface area contributed by atoms with Gasteiger partial charge in [0.2, 0.25) is 21.8 Å². The van der Waals surface area contributed by atoms with Crippen molar-refractivity contribution in [1.29, 1.82) is 0 Å². The van der Waals surface area contributed by atoms with Crippen LogP contribution >= 0.6 is 0 Å². The first-order valence-corrected chi connectivity index (χ1v) is 15.5. The Kier molecular flexibility index (Phi) is 8.10. The van der Waals surface area contributed by atoms with E-state index in [1.807, 2.05) is 51.1 Å². The lowest BCUT2D eigenvalue weighted by atomic mass is 9.66. The van der Waals surface area contributed by atoms with Crippen molar-refractivity contribution in [2.75, 3.05) is 22.9 Å². The third kappa shape index (κ3) is 6.64. The van der Waals surface area contributed by atoms with Crippen molar-refractivity contribution in [2.45, 2.75) is 65.5 Å². The average Bonchev–Trinajstić information content (AvgIpc) is 3.38. The summed E-state index contributed by atoms with van der Waals surface area (Å²) in [5.41, 5.74) is -0.352. The van der Waals surface area contributed by atoms with Crippen LogP contribution in [0.3, 0.4) is 0 Å². The highest BCUT2D eigenvalue weighted by molar-refractivity contribution is 7.92. The van der Waals surface area contributed by atoms with E-state index >= 15 is 0 Å². The molecule has 2 heterocycles. The van der Waals surface area contributed by atoms with E-state index < -0.39 is 27.1 Å². The molecule has 1 aliphatic rings. The molecule has 1 unspecified atom stereocenters. The molecule has 1 saturated carbocycles. The van der Waals surface area contributed by atoms with Gasteiger partial charge in [-0.05, 0) is 55.2 Å². The quantitative estimate of drug-likeness (QED) is 0.288. The molecule has 0 bridgehead atoms. The van der Waals surface area contributed by atoms with E-state index in [4.69, 9.17) is 4.42 Å². The largest absolute Gasteiger partial charge is 0.465 e. The van der Waals surface area contributed by atoms with Crippen molar-refractivity contribution in [3.05, 3.63) is 53.9 Å². The number of pyridine rings is 1. The number of carbonyl (C=O) groups is 1. The molecule has 222 valence electrons. The number of aromatic nitrogens is 3. The maximum absolute atomic E-state index is 12.4. The Bertz CT molecular complexity index is 1500. The van der Waals surface area contributed by atoms with Crippen molar-refractivity contribution in [2.24, 2.45) is 17.3 Å². The molecular formula is C29H40N6O5S. The molecule has 1 aromatic carbocycles. The number of rotatable bonds is 10. The lowest BCUT2D eigenvalue weighted by molar-refractivity contribution is 0.127. The number of nitrogens with zero attached hydrogens (tertiary/aromatic N) is 4. The molecule has 3 N–H and O–H groups in total. The third-order valence-corrected chi connectivity index (χ3v) is 9.06. The smallest absolute Gasteiger partial charge is 0.405 e. The molecule has 0 spiro atoms. The maximum Gasteiger partial charge on any atom is 0.405 e. The van der Waals surface area contributed by atoms with E-state index in [0.717, 1.165) is 22.5 Å². The summed E-state index contributed by atoms with van der Waals surface area (Å²) in [5.74, 6) is 1.58. The molecule has 1 aliphatic carbocycles. The summed E-state index contributed by atoms with van der Waals surface area (Å²) in [4.78, 5) is 16.6. The molecule has 3 aromatic rings. The SMILES string of the molecule is C[C@H](Nc1cc(-c2nnc([C@](C)(NC(=O)O)C(c3ccccc3)C(C)(C)C)o2)cc(N(C)S(C)(=O)=O)n1)[C@H]1C[C@@H]1C. The van der Waals surface area contributed by atoms with Gasteiger partial charge >= 0.3 is 6.09 Å². The summed E-state index contributed by atoms with van der Waals surface area (Å²) in [5, 5.41) is 24.6. The van der Waals surface area contributed by atoms with Crippen molar-refractivity contribution < 1.29 is 22.7 Å². The van der Waals surface area contributed by atoms with Crippen molar-refractivity contribution >= 4 is 27.8 Å². The van der Waals surface area contributed by atoms with Gasteiger partial charge in [-0.2, -0.15) is 0 Å². The van der Waals surface area contributed by atoms with Crippen LogP contribution < -0.4 is 14.9 Å². The molecule has 0 aliphatic heterocycles. The summed E-state index contributed by atoms with van der Waals surface area (Å²) in [6, 6.07) is 13.0. The van der Waals surface area contributed by atoms with Crippen LogP contribution in [0, 0.1) is 17.3 Å². The third-order valence-electron chi connectivity index (χ3n) is 7.88. The predicted molar refractivity (Wildman–Crippen MR) is 158 cm³/mol. The number of sulfonamides is 1. The van der Waals surface area contributed by atoms with Gasteiger partial charge in [0, 0.05) is 24.6 Å². The summed E-state index contributed by atoms with van der Waals surface area (Å²) < 4.78 is 32.0. The zero-order valence-corrected chi connectivity index (χ0v) is 25.7. The number of hydrogen-bond donors (Lipinski definition) is 3. The number of benzene rings is 1. The number of amides is 1. The number of anilines is 2. The predicted octanol–water partition coefficient (Wildman–Crippen LogP) is 5.30. The normalized spacial score (nSPS) is 20.0. The van der Waals surface area contributed by atoms with Gasteiger partial charge in [-0.25, -0.2) is 18.2 Å². The van der Waals surface area contributed by atoms with Crippen LogP contribution in [0.15, 0.2) is 46.9 Å². The second-order valence-corrected chi connectivity index (χ2v) is 14.4. The zero-order chi connectivity index (χ0) is 30.3. The molecule has 11 nitrogen and oxygen atoms in total. The van der Waals surface area contributed by atoms with E-state index in [1.54, 1.807) is 19.1 Å². The minimum absolute atomic E-state index is 0.0863. The van der Waals surface area contributed by atoms with Gasteiger partial charge in [0.1, 0.15) is 17.2 Å². The first-order chi connectivity index (χ1) is 19.0. The Morgan fingerprint density at radius 2 is 1.78 bits per heavy atom. The molecular weight excluding hydrogens is 544 g/mol. The van der Waals surface area contributed by atoms with E-state index in [9.17, 15) is 18.3 Å². The van der Waals surface area contributed by atoms with Gasteiger partial charge in [-0.3, -0.25) is 4.31 Å². The highest BCUT2D eigenvalue weighted by Crippen LogP contribution is 2.48. The number of hydrogen-bond acceptors (Lipinski definition) is 8. The molecule has 1 fully saturated rings. The standard InChI is InChI=1S/C29H40N6O5S/c1-17-14-21(17)18(2)30-22-15-20(16-23(31-22)35(7)41(8,38)39)25-33-34-26(40-25)29(6,32-27(36)37)24(28(3,4)5)19-12-10-9-11-13-19/h9-13,15-18,21,24,32H,14H2,1-8H3,(H,30,31)(H,36,37)/t17-,18-,21-,24?,29+/m0/s1. The number of nitrogens with one attached hydrogen (secondary N) is 2. The number of carboxylic acid groups (broad SMARTS) is 1. The monoisotopic (exact) mass is 584 g/mol. The fourth-order valence-corrected chi connectivity index (χ4v) is 6.23. The second-order valence-electron chi connectivity index (χ2n) is 12.4. The highest BCUT2D eigenvalue weighted by atomic mass is 32.2. The van der Waals surface area contributed by atoms with Crippen molar-refractivity contribution in [1.82, 2.24) is 20.5 Å². The fourth-order valence-electron chi connectivity index (χ4n) is 5.80. The summed E-state index contributed by atoms with van der Waals surface area (Å²) in [6.07, 6.45) is 0.989. The Morgan fingerprint density at radius 3 is 2.32 bits per heavy atom. The zero-order valence-electron chi connectivity index (χ0n) is 24.8. The molecule has 1 amide bonds. The molecule has 2 aromatic heterocycles. The Labute approximate surface area is 241 Å². The van der Waals surface area contributed by atoms with E-state index in [0.29, 0.717) is 23.2 Å². The first kappa shape index (κ1) is 30.3. The molecule has 5 atom stereocenters. The van der Waals surface area contributed by atoms with Crippen LogP contribution in [0.4, 0.5) is 16.4 Å². The minimum atomic E-state index is -3.60. The lowest BCUT2D eigenvalue weighted by Gasteiger charge is -2.42. The van der Waals surface area contributed by atoms with Crippen LogP contribution in [0.2, 0.25) is 0 Å². The maximum atomic E-state index is 12.4. The summed E-state index contributed by atoms with van der Waals surface area (Å²) in [7, 11) is -2.17. The van der Waals surface area contributed by atoms with E-state index in [1.165, 1.54) is 7.05 Å². The van der Waals surface area contributed by atoms with E-state index in [-0.39, 0.29) is 29.6 Å². The van der Waals surface area contributed by atoms with Crippen LogP contribution in [-0.4, -0.2) is 54.1 Å². The van der Waals surface area contributed by atoms with Gasteiger partial charge in [-0.1, -0.05) is 58.0 Å². The average molecular weight is 585 g/mol. The molecule has 0 radical (unpaired) electrons. The Balaban J connectivity index is 1.81. The van der Waals surface area contributed by atoms with Crippen molar-refractivity contribution in [3.8, 4) is 11.5 Å². The van der Waals surface area contributed by atoms with Crippen molar-refractivity contribution in [3.63, 3.8) is 0 Å². The molecule has 4 rings (SSSR count). The van der Waals surface area contributed by atoms with Gasteiger partial charge in [0.05, 0.1) is 6.26 Å². The second kappa shape index (κ2) is 11.0. The van der Waals surface area contributed by atoms with Crippen LogP contribution in [-0.2, 0) is 15.6 Å². The first-order valence-electron chi connectivity index (χ1n) is 13.6. The fraction of sp³-hybridized carbons (Fsp3) is 0.517. The topological polar surface area (TPSA) is 151 Å². The van der Waals surface area contributed by atoms with Crippen LogP contribution in [0.25, 0.3) is 11.5 Å². The highest BCUT2D eigenvalue weighted by Gasteiger charge is 2.48. The van der Waals surface area contributed by atoms with Gasteiger partial charge < -0.3 is 20.2 Å². The van der Waals surface area contributed by atoms with Gasteiger partial charge in [0.25, 0.3) is 0 Å². The summed E-state index contributed by atoms with van der Waals surface area (Å²) in [6.45, 7) is 12.1.